The van der Waals surface area contributed by atoms with Crippen molar-refractivity contribution in [3.63, 3.8) is 0 Å². The highest BCUT2D eigenvalue weighted by atomic mass is 16.1. The van der Waals surface area contributed by atoms with Crippen LogP contribution in [0.4, 0.5) is 0 Å². The van der Waals surface area contributed by atoms with E-state index in [0.717, 1.165) is 0 Å². The van der Waals surface area contributed by atoms with Crippen LogP contribution < -0.4 is 0 Å². The van der Waals surface area contributed by atoms with Gasteiger partial charge in [-0.15, -0.1) is 0 Å². The highest BCUT2D eigenvalue weighted by Crippen LogP contribution is 1.82. The third kappa shape index (κ3) is 27.2. The SMILES string of the molecule is C.C=C=NC.CCC(=O)CC. The zero-order chi connectivity index (χ0) is 8.41. The molecule has 0 aliphatic carbocycles. The number of aliphatic imine (C=N–C) groups is 1. The van der Waals surface area contributed by atoms with Crippen LogP contribution in [0.5, 0.6) is 0 Å². The van der Waals surface area contributed by atoms with E-state index in [0.29, 0.717) is 18.6 Å². The Balaban J connectivity index is -0.000000114. The monoisotopic (exact) mass is 157 g/mol. The summed E-state index contributed by atoms with van der Waals surface area (Å²) in [5.74, 6) is 2.65. The van der Waals surface area contributed by atoms with Crippen LogP contribution in [0, 0.1) is 0 Å². The largest absolute Gasteiger partial charge is 0.300 e. The van der Waals surface area contributed by atoms with E-state index in [1.165, 1.54) is 0 Å². The van der Waals surface area contributed by atoms with Crippen LogP contribution in [0.15, 0.2) is 11.6 Å². The Morgan fingerprint density at radius 1 is 1.45 bits per heavy atom. The van der Waals surface area contributed by atoms with E-state index >= 15 is 0 Å². The molecule has 0 aliphatic rings. The molecule has 0 aromatic heterocycles. The summed E-state index contributed by atoms with van der Waals surface area (Å²) in [5, 5.41) is 0. The molecule has 0 atom stereocenters. The van der Waals surface area contributed by atoms with Gasteiger partial charge in [-0.3, -0.25) is 4.79 Å². The fraction of sp³-hybridized carbons (Fsp3) is 0.667. The van der Waals surface area contributed by atoms with Gasteiger partial charge >= 0.3 is 0 Å². The summed E-state index contributed by atoms with van der Waals surface area (Å²) in [6, 6.07) is 0. The summed E-state index contributed by atoms with van der Waals surface area (Å²) in [7, 11) is 1.63. The quantitative estimate of drug-likeness (QED) is 0.566. The van der Waals surface area contributed by atoms with Gasteiger partial charge in [0.05, 0.1) is 0 Å². The number of nitrogens with zero attached hydrogens (tertiary/aromatic N) is 1. The molecule has 2 heteroatoms. The molecule has 0 amide bonds. The Labute approximate surface area is 70.0 Å². The molecule has 66 valence electrons. The zero-order valence-corrected chi connectivity index (χ0v) is 6.98. The minimum atomic E-state index is 0. The molecule has 0 bridgehead atoms. The number of rotatable bonds is 2. The average Bonchev–Trinajstić information content (AvgIpc) is 2.03. The third-order valence-electron chi connectivity index (χ3n) is 0.947. The molecule has 0 aromatic rings. The van der Waals surface area contributed by atoms with Gasteiger partial charge in [0, 0.05) is 19.9 Å². The van der Waals surface area contributed by atoms with Crippen LogP contribution in [0.3, 0.4) is 0 Å². The van der Waals surface area contributed by atoms with Crippen molar-refractivity contribution in [1.29, 1.82) is 0 Å². The van der Waals surface area contributed by atoms with Crippen LogP contribution in [-0.2, 0) is 4.79 Å². The standard InChI is InChI=1S/C5H10O.C3H5N.CH4/c1-3-5(6)4-2;1-3-4-2;/h3-4H2,1-2H3;1H2,2H3;1H4. The van der Waals surface area contributed by atoms with Crippen molar-refractivity contribution in [2.75, 3.05) is 7.05 Å². The maximum Gasteiger partial charge on any atom is 0.132 e. The number of ketones is 1. The first-order valence-electron chi connectivity index (χ1n) is 3.35. The lowest BCUT2D eigenvalue weighted by molar-refractivity contribution is -0.118. The molecule has 0 heterocycles. The zero-order valence-electron chi connectivity index (χ0n) is 6.98. The lowest BCUT2D eigenvalue weighted by Crippen LogP contribution is -1.88. The van der Waals surface area contributed by atoms with E-state index < -0.39 is 0 Å². The van der Waals surface area contributed by atoms with Gasteiger partial charge in [0.1, 0.15) is 5.78 Å². The summed E-state index contributed by atoms with van der Waals surface area (Å²) in [6.07, 6.45) is 1.38. The highest BCUT2D eigenvalue weighted by molar-refractivity contribution is 5.77. The van der Waals surface area contributed by atoms with Crippen molar-refractivity contribution in [2.45, 2.75) is 34.1 Å². The molecule has 0 rings (SSSR count). The summed E-state index contributed by atoms with van der Waals surface area (Å²) >= 11 is 0. The first-order chi connectivity index (χ1) is 4.72. The molecule has 0 N–H and O–H groups in total. The molecule has 0 aliphatic heterocycles. The van der Waals surface area contributed by atoms with Crippen LogP contribution >= 0.6 is 0 Å². The Hall–Kier alpha value is -0.880. The maximum atomic E-state index is 10.2. The van der Waals surface area contributed by atoms with Gasteiger partial charge in [0.25, 0.3) is 0 Å². The molecule has 0 saturated carbocycles. The van der Waals surface area contributed by atoms with Crippen molar-refractivity contribution in [1.82, 2.24) is 0 Å². The summed E-state index contributed by atoms with van der Waals surface area (Å²) in [5.41, 5.74) is 0. The summed E-state index contributed by atoms with van der Waals surface area (Å²) < 4.78 is 0. The molecule has 0 aromatic carbocycles. The number of carbonyl (C=O) groups excluding carboxylic acids is 1. The Morgan fingerprint density at radius 2 is 1.73 bits per heavy atom. The normalized spacial score (nSPS) is 6.09. The van der Waals surface area contributed by atoms with Gasteiger partial charge in [-0.25, -0.2) is 4.99 Å². The topological polar surface area (TPSA) is 29.4 Å². The van der Waals surface area contributed by atoms with Gasteiger partial charge in [-0.2, -0.15) is 0 Å². The molecule has 11 heavy (non-hydrogen) atoms. The third-order valence-corrected chi connectivity index (χ3v) is 0.947. The second kappa shape index (κ2) is 16.1. The Morgan fingerprint density at radius 3 is 1.73 bits per heavy atom. The van der Waals surface area contributed by atoms with E-state index in [1.807, 2.05) is 13.8 Å². The van der Waals surface area contributed by atoms with Crippen molar-refractivity contribution in [3.8, 4) is 0 Å². The molecule has 0 fully saturated rings. The van der Waals surface area contributed by atoms with Gasteiger partial charge in [-0.05, 0) is 12.4 Å². The van der Waals surface area contributed by atoms with Crippen molar-refractivity contribution < 1.29 is 4.79 Å². The van der Waals surface area contributed by atoms with Gasteiger partial charge in [0.2, 0.25) is 0 Å². The van der Waals surface area contributed by atoms with Crippen LogP contribution in [0.1, 0.15) is 34.1 Å². The highest BCUT2D eigenvalue weighted by Gasteiger charge is 1.86. The second-order valence-electron chi connectivity index (χ2n) is 1.63. The van der Waals surface area contributed by atoms with Gasteiger partial charge in [0.15, 0.2) is 0 Å². The second-order valence-corrected chi connectivity index (χ2v) is 1.63. The predicted molar refractivity (Wildman–Crippen MR) is 51.3 cm³/mol. The van der Waals surface area contributed by atoms with Crippen LogP contribution in [0.2, 0.25) is 0 Å². The first-order valence-corrected chi connectivity index (χ1v) is 3.35. The number of Topliss-reactive ketones (excluding diaryl/α,β-unsaturated/α-hetero) is 1. The first kappa shape index (κ1) is 16.6. The predicted octanol–water partition coefficient (Wildman–Crippen LogP) is 2.48. The van der Waals surface area contributed by atoms with E-state index in [1.54, 1.807) is 7.05 Å². The average molecular weight is 157 g/mol. The Kier molecular flexibility index (Phi) is 24.2. The van der Waals surface area contributed by atoms with Crippen LogP contribution in [0.25, 0.3) is 0 Å². The maximum absolute atomic E-state index is 10.2. The molecular formula is C9H19NO. The minimum absolute atomic E-state index is 0. The van der Waals surface area contributed by atoms with E-state index in [9.17, 15) is 4.79 Å². The molecule has 0 unspecified atom stereocenters. The molecule has 0 spiro atoms. The number of hydrogen-bond acceptors (Lipinski definition) is 2. The summed E-state index contributed by atoms with van der Waals surface area (Å²) in [6.45, 7) is 6.95. The lowest BCUT2D eigenvalue weighted by Gasteiger charge is -1.81. The van der Waals surface area contributed by atoms with E-state index in [2.05, 4.69) is 17.4 Å². The molecule has 2 nitrogen and oxygen atoms in total. The fourth-order valence-corrected chi connectivity index (χ4v) is 0.250. The summed E-state index contributed by atoms with van der Waals surface area (Å²) in [4.78, 5) is 13.6. The van der Waals surface area contributed by atoms with Crippen molar-refractivity contribution in [3.05, 3.63) is 6.58 Å². The lowest BCUT2D eigenvalue weighted by atomic mass is 10.3. The number of hydrogen-bond donors (Lipinski definition) is 0. The van der Waals surface area contributed by atoms with Gasteiger partial charge < -0.3 is 0 Å². The molecular weight excluding hydrogens is 138 g/mol. The number of carbonyl (C=O) groups is 1. The van der Waals surface area contributed by atoms with Crippen LogP contribution in [-0.4, -0.2) is 18.7 Å². The van der Waals surface area contributed by atoms with Crippen molar-refractivity contribution in [2.24, 2.45) is 4.99 Å². The van der Waals surface area contributed by atoms with Crippen molar-refractivity contribution >= 4 is 11.7 Å². The van der Waals surface area contributed by atoms with E-state index in [4.69, 9.17) is 0 Å². The van der Waals surface area contributed by atoms with Gasteiger partial charge in [-0.1, -0.05) is 21.3 Å². The molecule has 0 saturated heterocycles. The smallest absolute Gasteiger partial charge is 0.132 e. The molecule has 0 radical (unpaired) electrons. The minimum Gasteiger partial charge on any atom is -0.300 e. The fourth-order valence-electron chi connectivity index (χ4n) is 0.250. The Bertz CT molecular complexity index is 118. The van der Waals surface area contributed by atoms with E-state index in [-0.39, 0.29) is 7.43 Å².